The van der Waals surface area contributed by atoms with E-state index in [1.54, 1.807) is 19.2 Å². The second kappa shape index (κ2) is 9.46. The SMILES string of the molecule is CCOC(=O)Nc1ccc2cc(C(=O)Nc3cc(-c4ccccc4)ccc3N)cnc2c1C1CC1. The minimum absolute atomic E-state index is 0.294. The van der Waals surface area contributed by atoms with E-state index in [0.29, 0.717) is 35.2 Å². The summed E-state index contributed by atoms with van der Waals surface area (Å²) in [5.41, 5.74) is 12.1. The van der Waals surface area contributed by atoms with E-state index in [-0.39, 0.29) is 5.91 Å². The summed E-state index contributed by atoms with van der Waals surface area (Å²) in [6, 6.07) is 21.0. The Bertz CT molecular complexity index is 1410. The lowest BCUT2D eigenvalue weighted by molar-refractivity contribution is 0.102. The normalized spacial score (nSPS) is 12.8. The lowest BCUT2D eigenvalue weighted by Crippen LogP contribution is -2.15. The van der Waals surface area contributed by atoms with Crippen LogP contribution in [0, 0.1) is 0 Å². The molecule has 1 aliphatic carbocycles. The summed E-state index contributed by atoms with van der Waals surface area (Å²) in [6.45, 7) is 2.06. The summed E-state index contributed by atoms with van der Waals surface area (Å²) >= 11 is 0. The van der Waals surface area contributed by atoms with Gasteiger partial charge in [-0.1, -0.05) is 42.5 Å². The first-order chi connectivity index (χ1) is 17.0. The molecule has 0 saturated heterocycles. The topological polar surface area (TPSA) is 106 Å². The molecule has 35 heavy (non-hydrogen) atoms. The molecule has 4 N–H and O–H groups in total. The van der Waals surface area contributed by atoms with Gasteiger partial charge in [-0.15, -0.1) is 0 Å². The highest BCUT2D eigenvalue weighted by Crippen LogP contribution is 2.46. The highest BCUT2D eigenvalue weighted by molar-refractivity contribution is 6.08. The minimum Gasteiger partial charge on any atom is -0.450 e. The molecule has 0 unspecified atom stereocenters. The zero-order valence-corrected chi connectivity index (χ0v) is 19.4. The van der Waals surface area contributed by atoms with Crippen molar-refractivity contribution in [2.75, 3.05) is 23.0 Å². The zero-order chi connectivity index (χ0) is 24.4. The van der Waals surface area contributed by atoms with E-state index in [1.165, 1.54) is 0 Å². The van der Waals surface area contributed by atoms with Crippen LogP contribution in [0.4, 0.5) is 21.9 Å². The summed E-state index contributed by atoms with van der Waals surface area (Å²) in [5, 5.41) is 6.58. The number of hydrogen-bond donors (Lipinski definition) is 3. The number of pyridine rings is 1. The van der Waals surface area contributed by atoms with Crippen molar-refractivity contribution in [3.63, 3.8) is 0 Å². The van der Waals surface area contributed by atoms with Crippen molar-refractivity contribution in [1.82, 2.24) is 4.98 Å². The average molecular weight is 467 g/mol. The largest absolute Gasteiger partial charge is 0.450 e. The fourth-order valence-corrected chi connectivity index (χ4v) is 4.19. The predicted octanol–water partition coefficient (Wildman–Crippen LogP) is 6.18. The molecule has 4 aromatic rings. The maximum absolute atomic E-state index is 13.1. The molecule has 1 heterocycles. The number of rotatable bonds is 6. The summed E-state index contributed by atoms with van der Waals surface area (Å²) in [4.78, 5) is 29.7. The quantitative estimate of drug-likeness (QED) is 0.294. The summed E-state index contributed by atoms with van der Waals surface area (Å²) < 4.78 is 5.03. The maximum atomic E-state index is 13.1. The molecule has 0 bridgehead atoms. The second-order valence-corrected chi connectivity index (χ2v) is 8.56. The Morgan fingerprint density at radius 1 is 0.971 bits per heavy atom. The molecule has 7 nitrogen and oxygen atoms in total. The molecule has 0 spiro atoms. The molecule has 1 aliphatic rings. The van der Waals surface area contributed by atoms with E-state index in [4.69, 9.17) is 10.5 Å². The molecule has 2 amide bonds. The zero-order valence-electron chi connectivity index (χ0n) is 19.4. The van der Waals surface area contributed by atoms with Gasteiger partial charge in [0.1, 0.15) is 0 Å². The third-order valence-corrected chi connectivity index (χ3v) is 6.06. The first-order valence-electron chi connectivity index (χ1n) is 11.7. The number of ether oxygens (including phenoxy) is 1. The van der Waals surface area contributed by atoms with Crippen LogP contribution in [-0.4, -0.2) is 23.6 Å². The number of anilines is 3. The second-order valence-electron chi connectivity index (χ2n) is 8.56. The number of carbonyl (C=O) groups is 2. The first-order valence-corrected chi connectivity index (χ1v) is 11.7. The molecule has 1 saturated carbocycles. The van der Waals surface area contributed by atoms with Crippen LogP contribution >= 0.6 is 0 Å². The Hall–Kier alpha value is -4.39. The van der Waals surface area contributed by atoms with Crippen molar-refractivity contribution in [2.24, 2.45) is 0 Å². The van der Waals surface area contributed by atoms with Crippen LogP contribution in [0.25, 0.3) is 22.0 Å². The van der Waals surface area contributed by atoms with Crippen molar-refractivity contribution in [2.45, 2.75) is 25.7 Å². The Morgan fingerprint density at radius 2 is 1.77 bits per heavy atom. The van der Waals surface area contributed by atoms with Crippen molar-refractivity contribution < 1.29 is 14.3 Å². The molecular formula is C28H26N4O3. The molecule has 7 heteroatoms. The van der Waals surface area contributed by atoms with E-state index in [0.717, 1.165) is 40.4 Å². The average Bonchev–Trinajstić information content (AvgIpc) is 3.71. The smallest absolute Gasteiger partial charge is 0.411 e. The maximum Gasteiger partial charge on any atom is 0.411 e. The molecule has 5 rings (SSSR count). The highest BCUT2D eigenvalue weighted by Gasteiger charge is 2.29. The number of nitrogens with two attached hydrogens (primary N) is 1. The predicted molar refractivity (Wildman–Crippen MR) is 139 cm³/mol. The van der Waals surface area contributed by atoms with Gasteiger partial charge < -0.3 is 15.8 Å². The van der Waals surface area contributed by atoms with Crippen molar-refractivity contribution in [1.29, 1.82) is 0 Å². The number of nitrogens with zero attached hydrogens (tertiary/aromatic N) is 1. The monoisotopic (exact) mass is 466 g/mol. The molecule has 3 aromatic carbocycles. The Kier molecular flexibility index (Phi) is 6.06. The number of nitrogen functional groups attached to an aromatic ring is 1. The number of carbonyl (C=O) groups excluding carboxylic acids is 2. The van der Waals surface area contributed by atoms with Gasteiger partial charge in [0.25, 0.3) is 5.91 Å². The third-order valence-electron chi connectivity index (χ3n) is 6.06. The molecule has 0 radical (unpaired) electrons. The number of nitrogens with one attached hydrogen (secondary N) is 2. The van der Waals surface area contributed by atoms with E-state index in [2.05, 4.69) is 15.6 Å². The van der Waals surface area contributed by atoms with Crippen molar-refractivity contribution in [3.05, 3.63) is 84.1 Å². The van der Waals surface area contributed by atoms with Gasteiger partial charge in [-0.25, -0.2) is 4.79 Å². The highest BCUT2D eigenvalue weighted by atomic mass is 16.5. The third kappa shape index (κ3) is 4.80. The molecule has 0 atom stereocenters. The van der Waals surface area contributed by atoms with E-state index >= 15 is 0 Å². The fraction of sp³-hybridized carbons (Fsp3) is 0.179. The molecule has 0 aliphatic heterocycles. The number of benzene rings is 3. The van der Waals surface area contributed by atoms with Gasteiger partial charge in [0, 0.05) is 22.8 Å². The number of hydrogen-bond acceptors (Lipinski definition) is 5. The standard InChI is InChI=1S/C28H26N4O3/c1-2-35-28(34)32-23-13-11-20-14-21(16-30-26(20)25(23)18-8-9-18)27(33)31-24-15-19(10-12-22(24)29)17-6-4-3-5-7-17/h3-7,10-16,18H,2,8-9,29H2,1H3,(H,31,33)(H,32,34). The van der Waals surface area contributed by atoms with Crippen LogP contribution in [0.2, 0.25) is 0 Å². The van der Waals surface area contributed by atoms with E-state index < -0.39 is 6.09 Å². The fourth-order valence-electron chi connectivity index (χ4n) is 4.19. The lowest BCUT2D eigenvalue weighted by atomic mass is 10.0. The Balaban J connectivity index is 1.43. The van der Waals surface area contributed by atoms with Gasteiger partial charge in [-0.2, -0.15) is 0 Å². The van der Waals surface area contributed by atoms with Crippen LogP contribution in [0.15, 0.2) is 72.9 Å². The van der Waals surface area contributed by atoms with Crippen LogP contribution in [-0.2, 0) is 4.74 Å². The number of aromatic nitrogens is 1. The van der Waals surface area contributed by atoms with Crippen LogP contribution in [0.1, 0.15) is 41.6 Å². The van der Waals surface area contributed by atoms with Gasteiger partial charge in [-0.3, -0.25) is 15.1 Å². The number of amides is 2. The van der Waals surface area contributed by atoms with Crippen molar-refractivity contribution >= 4 is 40.0 Å². The molecule has 1 aromatic heterocycles. The van der Waals surface area contributed by atoms with E-state index in [1.807, 2.05) is 60.7 Å². The minimum atomic E-state index is -0.486. The Morgan fingerprint density at radius 3 is 2.51 bits per heavy atom. The number of fused-ring (bicyclic) bond motifs is 1. The summed E-state index contributed by atoms with van der Waals surface area (Å²) in [5.74, 6) is 0.0429. The van der Waals surface area contributed by atoms with Crippen LogP contribution in [0.5, 0.6) is 0 Å². The van der Waals surface area contributed by atoms with E-state index in [9.17, 15) is 9.59 Å². The molecular weight excluding hydrogens is 440 g/mol. The molecule has 176 valence electrons. The van der Waals surface area contributed by atoms with Crippen LogP contribution < -0.4 is 16.4 Å². The Labute approximate surface area is 203 Å². The summed E-state index contributed by atoms with van der Waals surface area (Å²) in [7, 11) is 0. The van der Waals surface area contributed by atoms with Crippen LogP contribution in [0.3, 0.4) is 0 Å². The van der Waals surface area contributed by atoms with Gasteiger partial charge in [0.05, 0.1) is 29.1 Å². The van der Waals surface area contributed by atoms with Gasteiger partial charge in [0.2, 0.25) is 0 Å². The van der Waals surface area contributed by atoms with Gasteiger partial charge in [0.15, 0.2) is 0 Å². The molecule has 1 fully saturated rings. The van der Waals surface area contributed by atoms with Gasteiger partial charge in [-0.05, 0) is 61.1 Å². The van der Waals surface area contributed by atoms with Gasteiger partial charge >= 0.3 is 6.09 Å². The lowest BCUT2D eigenvalue weighted by Gasteiger charge is -2.14. The first kappa shape index (κ1) is 22.4. The summed E-state index contributed by atoms with van der Waals surface area (Å²) in [6.07, 6.45) is 3.16. The van der Waals surface area contributed by atoms with Crippen molar-refractivity contribution in [3.8, 4) is 11.1 Å².